The molecule has 1 atom stereocenters. The summed E-state index contributed by atoms with van der Waals surface area (Å²) in [5.41, 5.74) is -0.405. The van der Waals surface area contributed by atoms with Gasteiger partial charge in [0.2, 0.25) is 0 Å². The number of hydrogen-bond donors (Lipinski definition) is 1. The number of rotatable bonds is 1. The van der Waals surface area contributed by atoms with Gasteiger partial charge < -0.3 is 5.32 Å². The third-order valence-corrected chi connectivity index (χ3v) is 3.15. The summed E-state index contributed by atoms with van der Waals surface area (Å²) in [6.07, 6.45) is 3.16. The molecule has 1 rings (SSSR count). The molecule has 1 aliphatic rings. The second kappa shape index (κ2) is 3.97. The van der Waals surface area contributed by atoms with Gasteiger partial charge in [-0.25, -0.2) is 0 Å². The van der Waals surface area contributed by atoms with E-state index in [4.69, 9.17) is 0 Å². The Labute approximate surface area is 86.9 Å². The van der Waals surface area contributed by atoms with Crippen LogP contribution in [0.1, 0.15) is 40.0 Å². The Balaban J connectivity index is 0.00000144. The van der Waals surface area contributed by atoms with Crippen LogP contribution in [0.25, 0.3) is 0 Å². The molecule has 0 saturated heterocycles. The van der Waals surface area contributed by atoms with Crippen LogP contribution < -0.4 is 5.32 Å². The fraction of sp³-hybridized carbons (Fsp3) is 0.900. The van der Waals surface area contributed by atoms with E-state index in [1.165, 1.54) is 0 Å². The fourth-order valence-electron chi connectivity index (χ4n) is 2.10. The first-order chi connectivity index (χ1) is 5.42. The van der Waals surface area contributed by atoms with E-state index in [9.17, 15) is 4.79 Å². The highest BCUT2D eigenvalue weighted by Crippen LogP contribution is 2.37. The monoisotopic (exact) mass is 205 g/mol. The highest BCUT2D eigenvalue weighted by molar-refractivity contribution is 5.93. The minimum atomic E-state index is -0.276. The second-order valence-corrected chi connectivity index (χ2v) is 4.65. The van der Waals surface area contributed by atoms with Crippen LogP contribution in [0.4, 0.5) is 0 Å². The first-order valence-electron chi connectivity index (χ1n) is 4.66. The average molecular weight is 206 g/mol. The molecule has 0 bridgehead atoms. The fourth-order valence-corrected chi connectivity index (χ4v) is 2.10. The van der Waals surface area contributed by atoms with Crippen molar-refractivity contribution < 1.29 is 4.79 Å². The Morgan fingerprint density at radius 2 is 1.77 bits per heavy atom. The molecule has 0 heterocycles. The smallest absolute Gasteiger partial charge is 0.158 e. The first-order valence-corrected chi connectivity index (χ1v) is 4.66. The topological polar surface area (TPSA) is 29.1 Å². The molecule has 0 amide bonds. The standard InChI is InChI=1S/C10H19NO.ClH/c1-9(2)6-5-7-10(3,11-4)8(9)12;/h11H,5-7H2,1-4H3;1H. The van der Waals surface area contributed by atoms with E-state index in [2.05, 4.69) is 5.32 Å². The van der Waals surface area contributed by atoms with Crippen LogP contribution in [0.15, 0.2) is 0 Å². The minimum absolute atomic E-state index is 0. The molecule has 2 nitrogen and oxygen atoms in total. The summed E-state index contributed by atoms with van der Waals surface area (Å²) < 4.78 is 0. The molecule has 0 radical (unpaired) electrons. The quantitative estimate of drug-likeness (QED) is 0.711. The predicted octanol–water partition coefficient (Wildman–Crippen LogP) is 2.17. The molecule has 0 aromatic heterocycles. The number of carbonyl (C=O) groups excluding carboxylic acids is 1. The Hall–Kier alpha value is -0.0800. The van der Waals surface area contributed by atoms with Crippen LogP contribution >= 0.6 is 12.4 Å². The molecule has 0 aliphatic heterocycles. The van der Waals surface area contributed by atoms with Crippen molar-refractivity contribution in [2.45, 2.75) is 45.6 Å². The molecular formula is C10H20ClNO. The zero-order chi connectivity index (χ0) is 9.41. The molecule has 78 valence electrons. The third-order valence-electron chi connectivity index (χ3n) is 3.15. The van der Waals surface area contributed by atoms with E-state index in [0.29, 0.717) is 5.78 Å². The highest BCUT2D eigenvalue weighted by atomic mass is 35.5. The minimum Gasteiger partial charge on any atom is -0.308 e. The van der Waals surface area contributed by atoms with E-state index in [1.54, 1.807) is 0 Å². The van der Waals surface area contributed by atoms with Crippen molar-refractivity contribution in [3.8, 4) is 0 Å². The lowest BCUT2D eigenvalue weighted by Crippen LogP contribution is -2.55. The number of nitrogens with one attached hydrogen (secondary N) is 1. The van der Waals surface area contributed by atoms with Crippen molar-refractivity contribution in [3.63, 3.8) is 0 Å². The summed E-state index contributed by atoms with van der Waals surface area (Å²) in [5, 5.41) is 3.14. The Kier molecular flexibility index (Phi) is 3.95. The van der Waals surface area contributed by atoms with Gasteiger partial charge in [0.05, 0.1) is 5.54 Å². The molecule has 1 fully saturated rings. The third kappa shape index (κ3) is 2.23. The molecule has 1 aliphatic carbocycles. The van der Waals surface area contributed by atoms with Crippen molar-refractivity contribution in [2.24, 2.45) is 5.41 Å². The molecule has 0 aromatic carbocycles. The van der Waals surface area contributed by atoms with Gasteiger partial charge >= 0.3 is 0 Å². The summed E-state index contributed by atoms with van der Waals surface area (Å²) in [4.78, 5) is 11.9. The van der Waals surface area contributed by atoms with Gasteiger partial charge in [0.25, 0.3) is 0 Å². The normalized spacial score (nSPS) is 32.5. The SMILES string of the molecule is CNC1(C)CCCC(C)(C)C1=O.Cl. The number of hydrogen-bond acceptors (Lipinski definition) is 2. The highest BCUT2D eigenvalue weighted by Gasteiger charge is 2.44. The van der Waals surface area contributed by atoms with Crippen LogP contribution in [-0.2, 0) is 4.79 Å². The molecule has 1 N–H and O–H groups in total. The van der Waals surface area contributed by atoms with Gasteiger partial charge in [-0.2, -0.15) is 0 Å². The Bertz CT molecular complexity index is 203. The van der Waals surface area contributed by atoms with Gasteiger partial charge in [0.1, 0.15) is 0 Å². The molecule has 1 unspecified atom stereocenters. The summed E-state index contributed by atoms with van der Waals surface area (Å²) >= 11 is 0. The number of ketones is 1. The van der Waals surface area contributed by atoms with Crippen molar-refractivity contribution >= 4 is 18.2 Å². The lowest BCUT2D eigenvalue weighted by molar-refractivity contribution is -0.136. The van der Waals surface area contributed by atoms with Crippen molar-refractivity contribution in [1.29, 1.82) is 0 Å². The number of Topliss-reactive ketones (excluding diaryl/α,β-unsaturated/α-hetero) is 1. The molecule has 3 heteroatoms. The van der Waals surface area contributed by atoms with Crippen molar-refractivity contribution in [3.05, 3.63) is 0 Å². The predicted molar refractivity (Wildman–Crippen MR) is 57.4 cm³/mol. The van der Waals surface area contributed by atoms with Gasteiger partial charge in [0.15, 0.2) is 5.78 Å². The molecule has 0 spiro atoms. The van der Waals surface area contributed by atoms with E-state index >= 15 is 0 Å². The van der Waals surface area contributed by atoms with Gasteiger partial charge in [-0.3, -0.25) is 4.79 Å². The molecule has 1 saturated carbocycles. The maximum atomic E-state index is 11.9. The van der Waals surface area contributed by atoms with Crippen LogP contribution in [0.3, 0.4) is 0 Å². The second-order valence-electron chi connectivity index (χ2n) is 4.65. The Morgan fingerprint density at radius 3 is 2.15 bits per heavy atom. The first kappa shape index (κ1) is 12.9. The zero-order valence-corrected chi connectivity index (χ0v) is 9.75. The van der Waals surface area contributed by atoms with Crippen molar-refractivity contribution in [1.82, 2.24) is 5.32 Å². The maximum absolute atomic E-state index is 11.9. The zero-order valence-electron chi connectivity index (χ0n) is 8.94. The molecular weight excluding hydrogens is 186 g/mol. The van der Waals surface area contributed by atoms with E-state index in [-0.39, 0.29) is 23.4 Å². The van der Waals surface area contributed by atoms with E-state index < -0.39 is 0 Å². The maximum Gasteiger partial charge on any atom is 0.158 e. The average Bonchev–Trinajstić information content (AvgIpc) is 2.00. The van der Waals surface area contributed by atoms with E-state index in [1.807, 2.05) is 27.8 Å². The summed E-state index contributed by atoms with van der Waals surface area (Å²) in [5.74, 6) is 0.365. The lowest BCUT2D eigenvalue weighted by Gasteiger charge is -2.40. The van der Waals surface area contributed by atoms with Gasteiger partial charge in [0, 0.05) is 5.41 Å². The number of halogens is 1. The number of likely N-dealkylation sites (N-methyl/N-ethyl adjacent to an activating group) is 1. The van der Waals surface area contributed by atoms with Crippen molar-refractivity contribution in [2.75, 3.05) is 7.05 Å². The summed E-state index contributed by atoms with van der Waals surface area (Å²) in [7, 11) is 1.87. The van der Waals surface area contributed by atoms with E-state index in [0.717, 1.165) is 19.3 Å². The molecule has 0 aromatic rings. The van der Waals surface area contributed by atoms with Crippen LogP contribution in [0.2, 0.25) is 0 Å². The van der Waals surface area contributed by atoms with Crippen LogP contribution in [-0.4, -0.2) is 18.4 Å². The van der Waals surface area contributed by atoms with Crippen LogP contribution in [0, 0.1) is 5.41 Å². The Morgan fingerprint density at radius 1 is 1.23 bits per heavy atom. The largest absolute Gasteiger partial charge is 0.308 e. The lowest BCUT2D eigenvalue weighted by atomic mass is 9.68. The summed E-state index contributed by atoms with van der Waals surface area (Å²) in [6.45, 7) is 6.10. The summed E-state index contributed by atoms with van der Waals surface area (Å²) in [6, 6.07) is 0. The van der Waals surface area contributed by atoms with Gasteiger partial charge in [-0.15, -0.1) is 12.4 Å². The number of carbonyl (C=O) groups is 1. The van der Waals surface area contributed by atoms with Gasteiger partial charge in [-0.1, -0.05) is 20.3 Å². The van der Waals surface area contributed by atoms with Gasteiger partial charge in [-0.05, 0) is 26.8 Å². The molecule has 13 heavy (non-hydrogen) atoms. The van der Waals surface area contributed by atoms with Crippen LogP contribution in [0.5, 0.6) is 0 Å².